The fourth-order valence-corrected chi connectivity index (χ4v) is 5.32. The summed E-state index contributed by atoms with van der Waals surface area (Å²) in [6.07, 6.45) is 0.302. The number of para-hydroxylation sites is 1. The van der Waals surface area contributed by atoms with Gasteiger partial charge in [0, 0.05) is 23.6 Å². The Morgan fingerprint density at radius 2 is 1.97 bits per heavy atom. The Morgan fingerprint density at radius 3 is 2.69 bits per heavy atom. The van der Waals surface area contributed by atoms with Gasteiger partial charge in [0.15, 0.2) is 0 Å². The van der Waals surface area contributed by atoms with Gasteiger partial charge in [-0.1, -0.05) is 18.2 Å². The van der Waals surface area contributed by atoms with Gasteiger partial charge < -0.3 is 10.1 Å². The molecular weight excluding hydrogens is 412 g/mol. The molecule has 3 rings (SSSR count). The predicted molar refractivity (Wildman–Crippen MR) is 113 cm³/mol. The number of hydrogen-bond acceptors (Lipinski definition) is 6. The molecule has 1 aliphatic rings. The topological polar surface area (TPSA) is 92.8 Å². The number of carbonyl (C=O) groups is 2. The van der Waals surface area contributed by atoms with Crippen molar-refractivity contribution in [2.75, 3.05) is 28.5 Å². The summed E-state index contributed by atoms with van der Waals surface area (Å²) in [6.45, 7) is 1.88. The van der Waals surface area contributed by atoms with E-state index < -0.39 is 16.0 Å². The molecule has 0 radical (unpaired) electrons. The van der Waals surface area contributed by atoms with Gasteiger partial charge in [-0.3, -0.25) is 13.9 Å². The van der Waals surface area contributed by atoms with Crippen molar-refractivity contribution in [1.82, 2.24) is 0 Å². The van der Waals surface area contributed by atoms with Crippen LogP contribution in [0.3, 0.4) is 0 Å². The zero-order chi connectivity index (χ0) is 20.9. The summed E-state index contributed by atoms with van der Waals surface area (Å²) in [5.41, 5.74) is 0.933. The molecule has 2 aromatic carbocycles. The molecule has 0 aliphatic carbocycles. The van der Waals surface area contributed by atoms with E-state index in [1.807, 2.05) is 0 Å². The van der Waals surface area contributed by atoms with Crippen LogP contribution in [0.4, 0.5) is 11.4 Å². The fourth-order valence-electron chi connectivity index (χ4n) is 2.90. The summed E-state index contributed by atoms with van der Waals surface area (Å²) in [5.74, 6) is 0.0305. The third kappa shape index (κ3) is 5.10. The summed E-state index contributed by atoms with van der Waals surface area (Å²) in [7, 11) is -3.96. The van der Waals surface area contributed by atoms with E-state index in [1.165, 1.54) is 28.2 Å². The molecule has 0 aromatic heterocycles. The van der Waals surface area contributed by atoms with Gasteiger partial charge in [0.1, 0.15) is 0 Å². The second kappa shape index (κ2) is 9.32. The van der Waals surface area contributed by atoms with E-state index in [9.17, 15) is 18.0 Å². The number of anilines is 2. The van der Waals surface area contributed by atoms with Crippen LogP contribution in [0.1, 0.15) is 19.8 Å². The van der Waals surface area contributed by atoms with Gasteiger partial charge in [-0.25, -0.2) is 8.42 Å². The maximum atomic E-state index is 13.4. The average Bonchev–Trinajstić information content (AvgIpc) is 2.88. The number of amides is 1. The van der Waals surface area contributed by atoms with Crippen LogP contribution in [0.25, 0.3) is 0 Å². The molecule has 0 unspecified atom stereocenters. The van der Waals surface area contributed by atoms with Gasteiger partial charge in [0.2, 0.25) is 5.91 Å². The lowest BCUT2D eigenvalue weighted by Gasteiger charge is -2.24. The monoisotopic (exact) mass is 434 g/mol. The number of carbonyl (C=O) groups excluding carboxylic acids is 2. The lowest BCUT2D eigenvalue weighted by atomic mass is 10.3. The lowest BCUT2D eigenvalue weighted by Crippen LogP contribution is -2.33. The molecule has 1 amide bonds. The smallest absolute Gasteiger partial charge is 0.307 e. The first-order valence-electron chi connectivity index (χ1n) is 9.22. The Balaban J connectivity index is 1.96. The van der Waals surface area contributed by atoms with Crippen LogP contribution in [0.5, 0.6) is 0 Å². The largest absolute Gasteiger partial charge is 0.466 e. The lowest BCUT2D eigenvalue weighted by molar-refractivity contribution is -0.142. The third-order valence-electron chi connectivity index (χ3n) is 4.27. The molecule has 1 heterocycles. The van der Waals surface area contributed by atoms with E-state index in [1.54, 1.807) is 43.3 Å². The van der Waals surface area contributed by atoms with Crippen LogP contribution in [0.15, 0.2) is 58.3 Å². The highest BCUT2D eigenvalue weighted by Gasteiger charge is 2.27. The number of sulfonamides is 1. The number of nitrogens with one attached hydrogen (secondary N) is 1. The highest BCUT2D eigenvalue weighted by atomic mass is 32.2. The minimum atomic E-state index is -3.96. The summed E-state index contributed by atoms with van der Waals surface area (Å²) < 4.78 is 32.9. The van der Waals surface area contributed by atoms with E-state index in [2.05, 4.69) is 5.32 Å². The summed E-state index contributed by atoms with van der Waals surface area (Å²) in [5, 5.41) is 2.76. The first-order chi connectivity index (χ1) is 13.9. The maximum absolute atomic E-state index is 13.4. The fraction of sp³-hybridized carbons (Fsp3) is 0.300. The molecule has 0 bridgehead atoms. The second-order valence-electron chi connectivity index (χ2n) is 6.27. The Labute approximate surface area is 174 Å². The third-order valence-corrected chi connectivity index (χ3v) is 7.17. The molecule has 9 heteroatoms. The number of hydrogen-bond donors (Lipinski definition) is 1. The number of benzene rings is 2. The van der Waals surface area contributed by atoms with Crippen molar-refractivity contribution in [2.45, 2.75) is 29.6 Å². The highest BCUT2D eigenvalue weighted by Crippen LogP contribution is 2.34. The van der Waals surface area contributed by atoms with Crippen LogP contribution in [0, 0.1) is 0 Å². The molecule has 0 spiro atoms. The van der Waals surface area contributed by atoms with Crippen LogP contribution in [-0.2, 0) is 24.3 Å². The van der Waals surface area contributed by atoms with E-state index in [-0.39, 0.29) is 30.4 Å². The van der Waals surface area contributed by atoms with Gasteiger partial charge in [0.05, 0.1) is 29.3 Å². The van der Waals surface area contributed by atoms with Crippen LogP contribution < -0.4 is 9.62 Å². The van der Waals surface area contributed by atoms with Crippen molar-refractivity contribution in [3.63, 3.8) is 0 Å². The summed E-state index contributed by atoms with van der Waals surface area (Å²) >= 11 is 1.50. The average molecular weight is 435 g/mol. The predicted octanol–water partition coefficient (Wildman–Crippen LogP) is 3.27. The SMILES string of the molecule is CCOC(=O)CCN(c1ccccc1)S(=O)(=O)c1ccc2c(c1)NC(=O)CCS2. The second-order valence-corrected chi connectivity index (χ2v) is 9.27. The zero-order valence-corrected chi connectivity index (χ0v) is 17.6. The van der Waals surface area contributed by atoms with E-state index in [4.69, 9.17) is 4.74 Å². The Kier molecular flexibility index (Phi) is 6.81. The summed E-state index contributed by atoms with van der Waals surface area (Å²) in [6, 6.07) is 13.3. The summed E-state index contributed by atoms with van der Waals surface area (Å²) in [4.78, 5) is 24.6. The van der Waals surface area contributed by atoms with Crippen LogP contribution in [-0.4, -0.2) is 39.2 Å². The van der Waals surface area contributed by atoms with E-state index >= 15 is 0 Å². The molecule has 1 aliphatic heterocycles. The molecule has 0 saturated carbocycles. The molecule has 2 aromatic rings. The van der Waals surface area contributed by atoms with Gasteiger partial charge in [-0.05, 0) is 37.3 Å². The van der Waals surface area contributed by atoms with E-state index in [0.29, 0.717) is 23.5 Å². The molecular formula is C20H22N2O5S2. The van der Waals surface area contributed by atoms with Crippen LogP contribution in [0.2, 0.25) is 0 Å². The zero-order valence-electron chi connectivity index (χ0n) is 16.0. The van der Waals surface area contributed by atoms with Gasteiger partial charge in [-0.2, -0.15) is 0 Å². The van der Waals surface area contributed by atoms with Crippen LogP contribution >= 0.6 is 11.8 Å². The van der Waals surface area contributed by atoms with Crippen molar-refractivity contribution >= 4 is 45.0 Å². The quantitative estimate of drug-likeness (QED) is 0.673. The molecule has 1 N–H and O–H groups in total. The standard InChI is InChI=1S/C20H22N2O5S2/c1-2-27-20(24)10-12-22(15-6-4-3-5-7-15)29(25,26)16-8-9-18-17(14-16)21-19(23)11-13-28-18/h3-9,14H,2,10-13H2,1H3,(H,21,23). The molecule has 0 fully saturated rings. The number of thioether (sulfide) groups is 1. The van der Waals surface area contributed by atoms with Gasteiger partial charge >= 0.3 is 5.97 Å². The Bertz CT molecular complexity index is 993. The number of rotatable bonds is 7. The molecule has 0 saturated heterocycles. The molecule has 154 valence electrons. The van der Waals surface area contributed by atoms with Crippen molar-refractivity contribution in [3.8, 4) is 0 Å². The first-order valence-corrected chi connectivity index (χ1v) is 11.6. The van der Waals surface area contributed by atoms with Gasteiger partial charge in [-0.15, -0.1) is 11.8 Å². The Morgan fingerprint density at radius 1 is 1.21 bits per heavy atom. The molecule has 7 nitrogen and oxygen atoms in total. The number of fused-ring (bicyclic) bond motifs is 1. The molecule has 0 atom stereocenters. The van der Waals surface area contributed by atoms with Gasteiger partial charge in [0.25, 0.3) is 10.0 Å². The van der Waals surface area contributed by atoms with Crippen molar-refractivity contribution in [3.05, 3.63) is 48.5 Å². The minimum Gasteiger partial charge on any atom is -0.466 e. The van der Waals surface area contributed by atoms with Crippen molar-refractivity contribution < 1.29 is 22.7 Å². The minimum absolute atomic E-state index is 0.0479. The number of ether oxygens (including phenoxy) is 1. The normalized spacial score (nSPS) is 13.8. The van der Waals surface area contributed by atoms with E-state index in [0.717, 1.165) is 4.90 Å². The Hall–Kier alpha value is -2.52. The number of esters is 1. The number of nitrogens with zero attached hydrogens (tertiary/aromatic N) is 1. The van der Waals surface area contributed by atoms with Crippen molar-refractivity contribution in [2.24, 2.45) is 0 Å². The highest BCUT2D eigenvalue weighted by molar-refractivity contribution is 7.99. The maximum Gasteiger partial charge on any atom is 0.307 e. The van der Waals surface area contributed by atoms with Crippen molar-refractivity contribution in [1.29, 1.82) is 0 Å². The first kappa shape index (κ1) is 21.2. The molecule has 29 heavy (non-hydrogen) atoms.